The molecular weight excluding hydrogens is 342 g/mol. The fraction of sp³-hybridized carbons (Fsp3) is 0. The second-order valence-corrected chi connectivity index (χ2v) is 5.27. The number of nitro benzene ring substituents is 1. The molecule has 0 spiro atoms. The van der Waals surface area contributed by atoms with Crippen molar-refractivity contribution in [3.8, 4) is 11.6 Å². The number of fused-ring (bicyclic) bond motifs is 2. The molecule has 0 aliphatic carbocycles. The highest BCUT2D eigenvalue weighted by atomic mass is 16.6. The number of nitrogens with zero attached hydrogens (tertiary/aromatic N) is 5. The van der Waals surface area contributed by atoms with Gasteiger partial charge in [-0.25, -0.2) is 0 Å². The molecule has 10 heteroatoms. The van der Waals surface area contributed by atoms with Gasteiger partial charge in [0.1, 0.15) is 5.52 Å². The van der Waals surface area contributed by atoms with E-state index in [1.165, 1.54) is 35.0 Å². The van der Waals surface area contributed by atoms with Gasteiger partial charge in [-0.2, -0.15) is 9.38 Å². The Balaban J connectivity index is 1.90. The van der Waals surface area contributed by atoms with E-state index in [4.69, 9.17) is 4.74 Å². The van der Waals surface area contributed by atoms with E-state index in [1.807, 2.05) is 0 Å². The van der Waals surface area contributed by atoms with Gasteiger partial charge in [-0.1, -0.05) is 6.07 Å². The molecule has 3 aromatic heterocycles. The molecule has 0 aliphatic heterocycles. The molecule has 0 fully saturated rings. The van der Waals surface area contributed by atoms with Crippen molar-refractivity contribution in [3.63, 3.8) is 0 Å². The van der Waals surface area contributed by atoms with E-state index in [9.17, 15) is 20.2 Å². The number of imidazole rings is 1. The number of aromatic nitrogens is 3. The van der Waals surface area contributed by atoms with Crippen molar-refractivity contribution >= 4 is 28.1 Å². The van der Waals surface area contributed by atoms with Gasteiger partial charge in [0.05, 0.1) is 16.5 Å². The first-order valence-electron chi connectivity index (χ1n) is 7.37. The highest BCUT2D eigenvalue weighted by Gasteiger charge is 2.26. The van der Waals surface area contributed by atoms with E-state index in [1.54, 1.807) is 24.3 Å². The number of hydrogen-bond donors (Lipinski definition) is 0. The van der Waals surface area contributed by atoms with Gasteiger partial charge >= 0.3 is 11.7 Å². The summed E-state index contributed by atoms with van der Waals surface area (Å²) in [6, 6.07) is 10.6. The zero-order valence-corrected chi connectivity index (χ0v) is 13.0. The Labute approximate surface area is 144 Å². The first kappa shape index (κ1) is 15.4. The minimum atomic E-state index is -0.601. The Morgan fingerprint density at radius 3 is 2.62 bits per heavy atom. The fourth-order valence-corrected chi connectivity index (χ4v) is 2.67. The summed E-state index contributed by atoms with van der Waals surface area (Å²) in [5.41, 5.74) is 0.423. The summed E-state index contributed by atoms with van der Waals surface area (Å²) in [4.78, 5) is 29.7. The normalized spacial score (nSPS) is 10.9. The minimum Gasteiger partial charge on any atom is -0.430 e. The lowest BCUT2D eigenvalue weighted by Crippen LogP contribution is -1.97. The van der Waals surface area contributed by atoms with E-state index < -0.39 is 9.85 Å². The summed E-state index contributed by atoms with van der Waals surface area (Å²) < 4.78 is 6.93. The Kier molecular flexibility index (Phi) is 3.43. The van der Waals surface area contributed by atoms with Crippen LogP contribution in [0.4, 0.5) is 11.5 Å². The average molecular weight is 351 g/mol. The highest BCUT2D eigenvalue weighted by Crippen LogP contribution is 2.37. The molecule has 0 saturated heterocycles. The van der Waals surface area contributed by atoms with Crippen molar-refractivity contribution < 1.29 is 14.6 Å². The zero-order chi connectivity index (χ0) is 18.3. The van der Waals surface area contributed by atoms with Crippen LogP contribution in [0.3, 0.4) is 0 Å². The Morgan fingerprint density at radius 2 is 1.85 bits per heavy atom. The molecule has 0 unspecified atom stereocenters. The van der Waals surface area contributed by atoms with Gasteiger partial charge in [-0.15, -0.1) is 0 Å². The summed E-state index contributed by atoms with van der Waals surface area (Å²) >= 11 is 0. The van der Waals surface area contributed by atoms with Crippen LogP contribution in [0.15, 0.2) is 54.9 Å². The summed E-state index contributed by atoms with van der Waals surface area (Å²) in [6.45, 7) is 0. The lowest BCUT2D eigenvalue weighted by Gasteiger charge is -2.06. The van der Waals surface area contributed by atoms with Gasteiger partial charge < -0.3 is 14.9 Å². The SMILES string of the molecule is O=[N+]([O-])c1ccc(Oc2nc3ccccn3c2[N+](=O)[O-])c2ncccc12. The van der Waals surface area contributed by atoms with Crippen LogP contribution in [0.5, 0.6) is 11.6 Å². The largest absolute Gasteiger partial charge is 0.430 e. The molecule has 4 rings (SSSR count). The van der Waals surface area contributed by atoms with E-state index in [0.717, 1.165) is 0 Å². The quantitative estimate of drug-likeness (QED) is 0.407. The van der Waals surface area contributed by atoms with Crippen LogP contribution in [-0.2, 0) is 0 Å². The molecule has 4 aromatic rings. The van der Waals surface area contributed by atoms with Gasteiger partial charge in [0.25, 0.3) is 5.69 Å². The standard InChI is InChI=1S/C16H9N5O5/c22-20(23)11-6-7-12(14-10(11)4-3-8-17-14)26-15-16(21(24)25)19-9-2-1-5-13(19)18-15/h1-9H. The molecule has 128 valence electrons. The minimum absolute atomic E-state index is 0.134. The highest BCUT2D eigenvalue weighted by molar-refractivity contribution is 5.92. The van der Waals surface area contributed by atoms with E-state index in [-0.39, 0.29) is 34.0 Å². The molecule has 0 bridgehead atoms. The molecule has 0 saturated carbocycles. The molecular formula is C16H9N5O5. The lowest BCUT2D eigenvalue weighted by atomic mass is 10.1. The average Bonchev–Trinajstić information content (AvgIpc) is 2.99. The first-order chi connectivity index (χ1) is 12.6. The third-order valence-corrected chi connectivity index (χ3v) is 3.76. The first-order valence-corrected chi connectivity index (χ1v) is 7.37. The summed E-state index contributed by atoms with van der Waals surface area (Å²) in [7, 11) is 0. The van der Waals surface area contributed by atoms with Gasteiger partial charge in [0.2, 0.25) is 5.65 Å². The van der Waals surface area contributed by atoms with Crippen LogP contribution in [0.1, 0.15) is 0 Å². The smallest absolute Gasteiger partial charge is 0.392 e. The van der Waals surface area contributed by atoms with Gasteiger partial charge in [-0.05, 0) is 29.2 Å². The molecule has 0 atom stereocenters. The van der Waals surface area contributed by atoms with Crippen molar-refractivity contribution in [1.29, 1.82) is 0 Å². The van der Waals surface area contributed by atoms with Crippen molar-refractivity contribution in [2.75, 3.05) is 0 Å². The Hall–Kier alpha value is -4.08. The number of non-ortho nitro benzene ring substituents is 1. The van der Waals surface area contributed by atoms with Gasteiger partial charge in [0.15, 0.2) is 5.75 Å². The molecule has 10 nitrogen and oxygen atoms in total. The molecule has 1 aromatic carbocycles. The molecule has 0 radical (unpaired) electrons. The van der Waals surface area contributed by atoms with Crippen LogP contribution in [0.25, 0.3) is 16.6 Å². The second-order valence-electron chi connectivity index (χ2n) is 5.27. The van der Waals surface area contributed by atoms with Crippen molar-refractivity contribution in [3.05, 3.63) is 75.1 Å². The van der Waals surface area contributed by atoms with Gasteiger partial charge in [0, 0.05) is 18.3 Å². The topological polar surface area (TPSA) is 126 Å². The fourth-order valence-electron chi connectivity index (χ4n) is 2.67. The number of pyridine rings is 2. The summed E-state index contributed by atoms with van der Waals surface area (Å²) in [6.07, 6.45) is 2.95. The van der Waals surface area contributed by atoms with Gasteiger partial charge in [-0.3, -0.25) is 15.1 Å². The number of nitro groups is 2. The maximum Gasteiger partial charge on any atom is 0.392 e. The van der Waals surface area contributed by atoms with Crippen LogP contribution < -0.4 is 4.74 Å². The van der Waals surface area contributed by atoms with Crippen molar-refractivity contribution in [1.82, 2.24) is 14.4 Å². The number of hydrogen-bond acceptors (Lipinski definition) is 7. The molecule has 0 amide bonds. The predicted octanol–water partition coefficient (Wildman–Crippen LogP) is 3.49. The monoisotopic (exact) mass is 351 g/mol. The third-order valence-electron chi connectivity index (χ3n) is 3.76. The molecule has 26 heavy (non-hydrogen) atoms. The van der Waals surface area contributed by atoms with Crippen molar-refractivity contribution in [2.24, 2.45) is 0 Å². The molecule has 0 aliphatic rings. The van der Waals surface area contributed by atoms with Crippen LogP contribution in [0, 0.1) is 20.2 Å². The van der Waals surface area contributed by atoms with E-state index >= 15 is 0 Å². The maximum atomic E-state index is 11.5. The predicted molar refractivity (Wildman–Crippen MR) is 90.3 cm³/mol. The molecule has 3 heterocycles. The number of rotatable bonds is 4. The van der Waals surface area contributed by atoms with E-state index in [0.29, 0.717) is 5.65 Å². The molecule has 0 N–H and O–H groups in total. The van der Waals surface area contributed by atoms with E-state index in [2.05, 4.69) is 9.97 Å². The van der Waals surface area contributed by atoms with Crippen molar-refractivity contribution in [2.45, 2.75) is 0 Å². The summed E-state index contributed by atoms with van der Waals surface area (Å²) in [5, 5.41) is 22.9. The number of ether oxygens (including phenoxy) is 1. The Bertz CT molecular complexity index is 1190. The Morgan fingerprint density at radius 1 is 1.00 bits per heavy atom. The third kappa shape index (κ3) is 2.36. The maximum absolute atomic E-state index is 11.5. The second kappa shape index (κ2) is 5.77. The number of benzene rings is 1. The summed E-state index contributed by atoms with van der Waals surface area (Å²) in [5.74, 6) is -0.428. The van der Waals surface area contributed by atoms with Crippen LogP contribution in [-0.4, -0.2) is 24.2 Å². The van der Waals surface area contributed by atoms with Crippen LogP contribution >= 0.6 is 0 Å². The lowest BCUT2D eigenvalue weighted by molar-refractivity contribution is -0.391. The van der Waals surface area contributed by atoms with Crippen LogP contribution in [0.2, 0.25) is 0 Å². The zero-order valence-electron chi connectivity index (χ0n) is 13.0.